The fourth-order valence-corrected chi connectivity index (χ4v) is 1.09. The molecule has 0 unspecified atom stereocenters. The second-order valence-corrected chi connectivity index (χ2v) is 2.57. The number of hydrogen-bond acceptors (Lipinski definition) is 5. The molecule has 82 valence electrons. The van der Waals surface area contributed by atoms with Gasteiger partial charge in [-0.1, -0.05) is 0 Å². The largest absolute Gasteiger partial charge is 0.501 e. The first-order valence-corrected chi connectivity index (χ1v) is 3.73. The molecule has 0 spiro atoms. The van der Waals surface area contributed by atoms with E-state index in [1.54, 1.807) is 0 Å². The highest BCUT2D eigenvalue weighted by atomic mass is 19.3. The lowest BCUT2D eigenvalue weighted by Gasteiger charge is -2.06. The molecule has 15 heavy (non-hydrogen) atoms. The van der Waals surface area contributed by atoms with E-state index >= 15 is 0 Å². The third kappa shape index (κ3) is 1.99. The van der Waals surface area contributed by atoms with E-state index in [2.05, 4.69) is 4.98 Å². The van der Waals surface area contributed by atoms with Gasteiger partial charge in [-0.05, 0) is 0 Å². The van der Waals surface area contributed by atoms with Gasteiger partial charge in [0.15, 0.2) is 0 Å². The van der Waals surface area contributed by atoms with E-state index in [9.17, 15) is 18.9 Å². The van der Waals surface area contributed by atoms with Crippen LogP contribution in [0.3, 0.4) is 0 Å². The number of alkyl halides is 2. The number of halogens is 2. The standard InChI is InChI=1S/C7H6F2N2O4/c8-7(9)5-3(2-12)6(11(14)15)4(13)1-10-5/h1,7,12-13H,2H2. The Morgan fingerprint density at radius 2 is 2.20 bits per heavy atom. The summed E-state index contributed by atoms with van der Waals surface area (Å²) in [6.07, 6.45) is -2.50. The summed E-state index contributed by atoms with van der Waals surface area (Å²) >= 11 is 0. The zero-order valence-corrected chi connectivity index (χ0v) is 7.22. The quantitative estimate of drug-likeness (QED) is 0.587. The summed E-state index contributed by atoms with van der Waals surface area (Å²) in [6, 6.07) is 0. The molecule has 0 atom stereocenters. The Labute approximate surface area is 82.0 Å². The summed E-state index contributed by atoms with van der Waals surface area (Å²) in [4.78, 5) is 12.5. The summed E-state index contributed by atoms with van der Waals surface area (Å²) in [7, 11) is 0. The molecular weight excluding hydrogens is 214 g/mol. The van der Waals surface area contributed by atoms with Gasteiger partial charge in [-0.25, -0.2) is 8.78 Å². The van der Waals surface area contributed by atoms with Gasteiger partial charge in [0.2, 0.25) is 5.75 Å². The maximum atomic E-state index is 12.3. The van der Waals surface area contributed by atoms with Crippen molar-refractivity contribution in [3.63, 3.8) is 0 Å². The van der Waals surface area contributed by atoms with Gasteiger partial charge < -0.3 is 10.2 Å². The molecule has 0 fully saturated rings. The van der Waals surface area contributed by atoms with Crippen LogP contribution in [0.1, 0.15) is 17.7 Å². The molecule has 0 saturated heterocycles. The minimum atomic E-state index is -3.05. The van der Waals surface area contributed by atoms with E-state index in [0.717, 1.165) is 0 Å². The van der Waals surface area contributed by atoms with Crippen molar-refractivity contribution in [2.45, 2.75) is 13.0 Å². The van der Waals surface area contributed by atoms with E-state index in [4.69, 9.17) is 10.2 Å². The van der Waals surface area contributed by atoms with Crippen molar-refractivity contribution < 1.29 is 23.9 Å². The van der Waals surface area contributed by atoms with Crippen LogP contribution in [-0.2, 0) is 6.61 Å². The molecule has 8 heteroatoms. The summed E-state index contributed by atoms with van der Waals surface area (Å²) in [5.74, 6) is -0.853. The first-order chi connectivity index (χ1) is 6.99. The fourth-order valence-electron chi connectivity index (χ4n) is 1.09. The normalized spacial score (nSPS) is 10.7. The van der Waals surface area contributed by atoms with Gasteiger partial charge in [-0.3, -0.25) is 15.1 Å². The summed E-state index contributed by atoms with van der Waals surface area (Å²) < 4.78 is 24.6. The average molecular weight is 220 g/mol. The van der Waals surface area contributed by atoms with Crippen molar-refractivity contribution in [2.24, 2.45) is 0 Å². The van der Waals surface area contributed by atoms with Crippen LogP contribution < -0.4 is 0 Å². The minimum absolute atomic E-state index is 0.554. The number of aromatic nitrogens is 1. The number of nitrogens with zero attached hydrogens (tertiary/aromatic N) is 2. The Morgan fingerprint density at radius 3 is 2.60 bits per heavy atom. The Hall–Kier alpha value is -1.83. The third-order valence-corrected chi connectivity index (χ3v) is 1.71. The molecule has 0 amide bonds. The Balaban J connectivity index is 3.47. The molecule has 1 aromatic heterocycles. The zero-order chi connectivity index (χ0) is 11.6. The molecular formula is C7H6F2N2O4. The van der Waals surface area contributed by atoms with Crippen LogP contribution in [-0.4, -0.2) is 20.1 Å². The third-order valence-electron chi connectivity index (χ3n) is 1.71. The number of nitro groups is 1. The van der Waals surface area contributed by atoms with Crippen LogP contribution in [0.5, 0.6) is 5.75 Å². The van der Waals surface area contributed by atoms with Crippen LogP contribution >= 0.6 is 0 Å². The van der Waals surface area contributed by atoms with Gasteiger partial charge in [-0.2, -0.15) is 0 Å². The first-order valence-electron chi connectivity index (χ1n) is 3.73. The van der Waals surface area contributed by atoms with Gasteiger partial charge in [-0.15, -0.1) is 0 Å². The van der Waals surface area contributed by atoms with Crippen molar-refractivity contribution in [1.82, 2.24) is 4.98 Å². The number of aliphatic hydroxyl groups excluding tert-OH is 1. The molecule has 0 aliphatic heterocycles. The number of hydrogen-bond donors (Lipinski definition) is 2. The molecule has 0 aromatic carbocycles. The Bertz CT molecular complexity index is 397. The topological polar surface area (TPSA) is 96.5 Å². The average Bonchev–Trinajstić information content (AvgIpc) is 2.15. The number of pyridine rings is 1. The van der Waals surface area contributed by atoms with Crippen LogP contribution in [0.25, 0.3) is 0 Å². The maximum absolute atomic E-state index is 12.3. The highest BCUT2D eigenvalue weighted by Crippen LogP contribution is 2.34. The van der Waals surface area contributed by atoms with E-state index in [1.807, 2.05) is 0 Å². The molecule has 0 bridgehead atoms. The highest BCUT2D eigenvalue weighted by Gasteiger charge is 2.27. The summed E-state index contributed by atoms with van der Waals surface area (Å²) in [5, 5.41) is 28.2. The van der Waals surface area contributed by atoms with Crippen molar-refractivity contribution in [3.05, 3.63) is 27.6 Å². The van der Waals surface area contributed by atoms with E-state index in [0.29, 0.717) is 6.20 Å². The van der Waals surface area contributed by atoms with Gasteiger partial charge in [0.05, 0.1) is 23.3 Å². The molecule has 0 radical (unpaired) electrons. The molecule has 0 aliphatic carbocycles. The number of aromatic hydroxyl groups is 1. The van der Waals surface area contributed by atoms with Crippen molar-refractivity contribution in [2.75, 3.05) is 0 Å². The molecule has 1 rings (SSSR count). The van der Waals surface area contributed by atoms with E-state index in [1.165, 1.54) is 0 Å². The monoisotopic (exact) mass is 220 g/mol. The summed E-state index contributed by atoms with van der Waals surface area (Å²) in [6.45, 7) is -0.989. The maximum Gasteiger partial charge on any atom is 0.319 e. The lowest BCUT2D eigenvalue weighted by molar-refractivity contribution is -0.387. The summed E-state index contributed by atoms with van der Waals surface area (Å²) in [5.41, 5.74) is -2.51. The molecule has 1 heterocycles. The number of aliphatic hydroxyl groups is 1. The van der Waals surface area contributed by atoms with Gasteiger partial charge in [0.1, 0.15) is 5.69 Å². The molecule has 6 nitrogen and oxygen atoms in total. The lowest BCUT2D eigenvalue weighted by atomic mass is 10.1. The lowest BCUT2D eigenvalue weighted by Crippen LogP contribution is -2.04. The molecule has 2 N–H and O–H groups in total. The second-order valence-electron chi connectivity index (χ2n) is 2.57. The van der Waals surface area contributed by atoms with Crippen LogP contribution in [0.15, 0.2) is 6.20 Å². The van der Waals surface area contributed by atoms with Crippen molar-refractivity contribution in [1.29, 1.82) is 0 Å². The predicted octanol–water partition coefficient (Wildman–Crippen LogP) is 1.13. The molecule has 1 aromatic rings. The molecule has 0 saturated carbocycles. The minimum Gasteiger partial charge on any atom is -0.501 e. The van der Waals surface area contributed by atoms with E-state index < -0.39 is 40.6 Å². The smallest absolute Gasteiger partial charge is 0.319 e. The predicted molar refractivity (Wildman–Crippen MR) is 43.4 cm³/mol. The van der Waals surface area contributed by atoms with Gasteiger partial charge in [0, 0.05) is 0 Å². The fraction of sp³-hybridized carbons (Fsp3) is 0.286. The van der Waals surface area contributed by atoms with Gasteiger partial charge in [0.25, 0.3) is 6.43 Å². The van der Waals surface area contributed by atoms with E-state index in [-0.39, 0.29) is 0 Å². The van der Waals surface area contributed by atoms with Crippen LogP contribution in [0.4, 0.5) is 14.5 Å². The first kappa shape index (κ1) is 11.2. The SMILES string of the molecule is O=[N+]([O-])c1c(O)cnc(C(F)F)c1CO. The number of rotatable bonds is 3. The highest BCUT2D eigenvalue weighted by molar-refractivity contribution is 5.52. The Morgan fingerprint density at radius 1 is 1.60 bits per heavy atom. The van der Waals surface area contributed by atoms with Gasteiger partial charge >= 0.3 is 5.69 Å². The zero-order valence-electron chi connectivity index (χ0n) is 7.22. The van der Waals surface area contributed by atoms with Crippen molar-refractivity contribution >= 4 is 5.69 Å². The van der Waals surface area contributed by atoms with Crippen molar-refractivity contribution in [3.8, 4) is 5.75 Å². The second kappa shape index (κ2) is 4.13. The van der Waals surface area contributed by atoms with Crippen LogP contribution in [0, 0.1) is 10.1 Å². The molecule has 0 aliphatic rings. The van der Waals surface area contributed by atoms with Crippen LogP contribution in [0.2, 0.25) is 0 Å². The Kier molecular flexibility index (Phi) is 3.10.